The molecule has 5 heteroatoms. The van der Waals surface area contributed by atoms with Crippen molar-refractivity contribution in [3.63, 3.8) is 0 Å². The number of rotatable bonds is 6. The van der Waals surface area contributed by atoms with Gasteiger partial charge in [0.2, 0.25) is 0 Å². The number of aliphatic hydroxyl groups excluding tert-OH is 1. The maximum Gasteiger partial charge on any atom is 0.343 e. The van der Waals surface area contributed by atoms with Gasteiger partial charge in [-0.25, -0.2) is 4.79 Å². The molecule has 3 aromatic rings. The van der Waals surface area contributed by atoms with Gasteiger partial charge in [-0.1, -0.05) is 60.7 Å². The van der Waals surface area contributed by atoms with Crippen molar-refractivity contribution in [1.82, 2.24) is 4.90 Å². The maximum atomic E-state index is 12.2. The Kier molecular flexibility index (Phi) is 6.70. The molecule has 3 aromatic carbocycles. The largest absolute Gasteiger partial charge is 0.423 e. The molecule has 0 spiro atoms. The Morgan fingerprint density at radius 1 is 0.906 bits per heavy atom. The van der Waals surface area contributed by atoms with Crippen molar-refractivity contribution in [3.05, 3.63) is 102 Å². The minimum absolute atomic E-state index is 0.104. The van der Waals surface area contributed by atoms with Crippen LogP contribution in [0.5, 0.6) is 5.75 Å². The summed E-state index contributed by atoms with van der Waals surface area (Å²) in [7, 11) is 0. The lowest BCUT2D eigenvalue weighted by Gasteiger charge is -2.42. The number of carbonyl (C=O) groups is 1. The molecule has 1 saturated heterocycles. The molecule has 0 amide bonds. The standard InChI is InChI=1S/C27H29NO4/c1-20(28-18-16-27(31,17-19-28)23-10-6-3-7-11-23)25(29)21-12-14-24(15-13-21)32-26(30)22-8-4-2-5-9-22/h2-15,20,25,29,31H,16-19H2,1H3/t20-,25-/m0/s1. The maximum absolute atomic E-state index is 12.2. The summed E-state index contributed by atoms with van der Waals surface area (Å²) in [4.78, 5) is 14.4. The van der Waals surface area contributed by atoms with E-state index in [1.165, 1.54) is 0 Å². The number of esters is 1. The molecule has 5 nitrogen and oxygen atoms in total. The van der Waals surface area contributed by atoms with Crippen LogP contribution >= 0.6 is 0 Å². The molecule has 0 unspecified atom stereocenters. The number of hydrogen-bond acceptors (Lipinski definition) is 5. The van der Waals surface area contributed by atoms with Crippen LogP contribution in [-0.4, -0.2) is 40.2 Å². The number of aliphatic hydroxyl groups is 2. The van der Waals surface area contributed by atoms with Gasteiger partial charge < -0.3 is 14.9 Å². The second kappa shape index (κ2) is 9.65. The Morgan fingerprint density at radius 2 is 1.47 bits per heavy atom. The van der Waals surface area contributed by atoms with Crippen LogP contribution < -0.4 is 4.74 Å². The van der Waals surface area contributed by atoms with Gasteiger partial charge in [0, 0.05) is 19.1 Å². The SMILES string of the molecule is C[C@@H]([C@H](O)c1ccc(OC(=O)c2ccccc2)cc1)N1CCC(O)(c2ccccc2)CC1. The average molecular weight is 432 g/mol. The van der Waals surface area contributed by atoms with Gasteiger partial charge in [-0.2, -0.15) is 0 Å². The molecule has 2 atom stereocenters. The van der Waals surface area contributed by atoms with E-state index in [0.29, 0.717) is 37.2 Å². The highest BCUT2D eigenvalue weighted by Crippen LogP contribution is 2.35. The zero-order valence-corrected chi connectivity index (χ0v) is 18.2. The fourth-order valence-electron chi connectivity index (χ4n) is 4.29. The lowest BCUT2D eigenvalue weighted by atomic mass is 9.83. The molecule has 0 radical (unpaired) electrons. The molecule has 32 heavy (non-hydrogen) atoms. The van der Waals surface area contributed by atoms with E-state index in [2.05, 4.69) is 4.90 Å². The van der Waals surface area contributed by atoms with Crippen molar-refractivity contribution in [1.29, 1.82) is 0 Å². The number of hydrogen-bond donors (Lipinski definition) is 2. The molecule has 1 heterocycles. The molecule has 4 rings (SSSR count). The molecule has 0 bridgehead atoms. The van der Waals surface area contributed by atoms with Crippen LogP contribution in [0.2, 0.25) is 0 Å². The Hall–Kier alpha value is -2.99. The second-order valence-electron chi connectivity index (χ2n) is 8.44. The van der Waals surface area contributed by atoms with E-state index in [1.807, 2.05) is 43.3 Å². The fourth-order valence-corrected chi connectivity index (χ4v) is 4.29. The van der Waals surface area contributed by atoms with Crippen LogP contribution in [0.1, 0.15) is 47.4 Å². The Balaban J connectivity index is 1.35. The third kappa shape index (κ3) is 4.91. The predicted octanol–water partition coefficient (Wildman–Crippen LogP) is 4.31. The zero-order valence-electron chi connectivity index (χ0n) is 18.2. The summed E-state index contributed by atoms with van der Waals surface area (Å²) in [5.41, 5.74) is 1.40. The van der Waals surface area contributed by atoms with Crippen LogP contribution in [0.3, 0.4) is 0 Å². The zero-order chi connectivity index (χ0) is 22.6. The molecule has 166 valence electrons. The summed E-state index contributed by atoms with van der Waals surface area (Å²) in [5, 5.41) is 22.0. The molecule has 0 aromatic heterocycles. The number of likely N-dealkylation sites (tertiary alicyclic amines) is 1. The minimum Gasteiger partial charge on any atom is -0.423 e. The van der Waals surface area contributed by atoms with E-state index in [1.54, 1.807) is 48.5 Å². The first-order valence-electron chi connectivity index (χ1n) is 11.0. The first-order chi connectivity index (χ1) is 15.5. The summed E-state index contributed by atoms with van der Waals surface area (Å²) >= 11 is 0. The van der Waals surface area contributed by atoms with Gasteiger partial charge in [0.05, 0.1) is 17.3 Å². The van der Waals surface area contributed by atoms with Crippen molar-refractivity contribution in [3.8, 4) is 5.75 Å². The van der Waals surface area contributed by atoms with Crippen molar-refractivity contribution >= 4 is 5.97 Å². The summed E-state index contributed by atoms with van der Waals surface area (Å²) in [6, 6.07) is 25.5. The first-order valence-corrected chi connectivity index (χ1v) is 11.0. The third-order valence-corrected chi connectivity index (χ3v) is 6.41. The molecule has 1 aliphatic heterocycles. The molecule has 2 N–H and O–H groups in total. The van der Waals surface area contributed by atoms with E-state index in [4.69, 9.17) is 4.74 Å². The van der Waals surface area contributed by atoms with Gasteiger partial charge in [0.15, 0.2) is 0 Å². The highest BCUT2D eigenvalue weighted by molar-refractivity contribution is 5.90. The smallest absolute Gasteiger partial charge is 0.343 e. The van der Waals surface area contributed by atoms with Gasteiger partial charge in [-0.15, -0.1) is 0 Å². The molecular formula is C27H29NO4. The molecule has 0 saturated carbocycles. The molecule has 1 fully saturated rings. The number of piperidine rings is 1. The van der Waals surface area contributed by atoms with Crippen molar-refractivity contribution in [2.45, 2.75) is 37.5 Å². The van der Waals surface area contributed by atoms with Gasteiger partial charge in [0.1, 0.15) is 5.75 Å². The van der Waals surface area contributed by atoms with E-state index < -0.39 is 17.7 Å². The average Bonchev–Trinajstić information content (AvgIpc) is 2.85. The Labute approximate surface area is 188 Å². The van der Waals surface area contributed by atoms with Crippen LogP contribution in [0, 0.1) is 0 Å². The summed E-state index contributed by atoms with van der Waals surface area (Å²) in [6.45, 7) is 3.41. The van der Waals surface area contributed by atoms with E-state index in [-0.39, 0.29) is 6.04 Å². The van der Waals surface area contributed by atoms with Crippen molar-refractivity contribution < 1.29 is 19.7 Å². The van der Waals surface area contributed by atoms with Crippen LogP contribution in [0.4, 0.5) is 0 Å². The lowest BCUT2D eigenvalue weighted by molar-refractivity contribution is -0.0501. The highest BCUT2D eigenvalue weighted by Gasteiger charge is 2.36. The Bertz CT molecular complexity index is 1010. The first kappa shape index (κ1) is 22.2. The van der Waals surface area contributed by atoms with E-state index in [0.717, 1.165) is 11.1 Å². The Morgan fingerprint density at radius 3 is 2.06 bits per heavy atom. The second-order valence-corrected chi connectivity index (χ2v) is 8.44. The van der Waals surface area contributed by atoms with E-state index >= 15 is 0 Å². The quantitative estimate of drug-likeness (QED) is 0.450. The van der Waals surface area contributed by atoms with Crippen molar-refractivity contribution in [2.24, 2.45) is 0 Å². The van der Waals surface area contributed by atoms with Gasteiger partial charge in [-0.05, 0) is 55.2 Å². The number of nitrogens with zero attached hydrogens (tertiary/aromatic N) is 1. The normalized spacial score (nSPS) is 18.0. The van der Waals surface area contributed by atoms with Gasteiger partial charge >= 0.3 is 5.97 Å². The molecular weight excluding hydrogens is 402 g/mol. The lowest BCUT2D eigenvalue weighted by Crippen LogP contribution is -2.47. The summed E-state index contributed by atoms with van der Waals surface area (Å²) < 4.78 is 5.42. The molecule has 0 aliphatic carbocycles. The van der Waals surface area contributed by atoms with Gasteiger partial charge in [-0.3, -0.25) is 4.90 Å². The minimum atomic E-state index is -0.813. The van der Waals surface area contributed by atoms with Crippen LogP contribution in [0.15, 0.2) is 84.9 Å². The number of benzene rings is 3. The van der Waals surface area contributed by atoms with Gasteiger partial charge in [0.25, 0.3) is 0 Å². The summed E-state index contributed by atoms with van der Waals surface area (Å²) in [5.74, 6) is 0.0276. The van der Waals surface area contributed by atoms with E-state index in [9.17, 15) is 15.0 Å². The van der Waals surface area contributed by atoms with Crippen molar-refractivity contribution in [2.75, 3.05) is 13.1 Å². The highest BCUT2D eigenvalue weighted by atomic mass is 16.5. The topological polar surface area (TPSA) is 70.0 Å². The van der Waals surface area contributed by atoms with Crippen LogP contribution in [-0.2, 0) is 5.60 Å². The molecule has 1 aliphatic rings. The monoisotopic (exact) mass is 431 g/mol. The predicted molar refractivity (Wildman–Crippen MR) is 123 cm³/mol. The van der Waals surface area contributed by atoms with Crippen LogP contribution in [0.25, 0.3) is 0 Å². The number of carbonyl (C=O) groups excluding carboxylic acids is 1. The fraction of sp³-hybridized carbons (Fsp3) is 0.296. The third-order valence-electron chi connectivity index (χ3n) is 6.41. The summed E-state index contributed by atoms with van der Waals surface area (Å²) in [6.07, 6.45) is 0.571. The number of ether oxygens (including phenoxy) is 1.